The van der Waals surface area contributed by atoms with E-state index >= 15 is 0 Å². The zero-order valence-corrected chi connectivity index (χ0v) is 11.4. The van der Waals surface area contributed by atoms with Gasteiger partial charge in [0.1, 0.15) is 11.5 Å². The Morgan fingerprint density at radius 1 is 1.20 bits per heavy atom. The second-order valence-electron chi connectivity index (χ2n) is 4.17. The summed E-state index contributed by atoms with van der Waals surface area (Å²) in [6, 6.07) is 10.6. The number of carbonyl (C=O) groups is 1. The number of anilines is 1. The van der Waals surface area contributed by atoms with Crippen molar-refractivity contribution in [3.63, 3.8) is 0 Å². The third kappa shape index (κ3) is 3.71. The first-order valence-electron chi connectivity index (χ1n) is 6.20. The highest BCUT2D eigenvalue weighted by Gasteiger charge is 2.14. The van der Waals surface area contributed by atoms with Gasteiger partial charge in [-0.25, -0.2) is 0 Å². The number of rotatable bonds is 5. The maximum absolute atomic E-state index is 12.0. The Bertz CT molecular complexity index is 555. The molecule has 5 heteroatoms. The van der Waals surface area contributed by atoms with E-state index in [0.29, 0.717) is 11.4 Å². The minimum absolute atomic E-state index is 0.228. The van der Waals surface area contributed by atoms with Crippen LogP contribution in [0.15, 0.2) is 48.8 Å². The maximum atomic E-state index is 12.0. The van der Waals surface area contributed by atoms with E-state index in [-0.39, 0.29) is 5.91 Å². The summed E-state index contributed by atoms with van der Waals surface area (Å²) in [5.74, 6) is 1.12. The molecule has 2 rings (SSSR count). The van der Waals surface area contributed by atoms with E-state index < -0.39 is 6.10 Å². The summed E-state index contributed by atoms with van der Waals surface area (Å²) < 4.78 is 10.6. The first-order chi connectivity index (χ1) is 9.69. The first-order valence-corrected chi connectivity index (χ1v) is 6.20. The van der Waals surface area contributed by atoms with E-state index in [2.05, 4.69) is 10.3 Å². The topological polar surface area (TPSA) is 60.5 Å². The molecule has 1 atom stereocenters. The lowest BCUT2D eigenvalue weighted by molar-refractivity contribution is -0.122. The number of hydrogen-bond acceptors (Lipinski definition) is 4. The summed E-state index contributed by atoms with van der Waals surface area (Å²) in [6.45, 7) is 1.69. The Morgan fingerprint density at radius 3 is 2.50 bits per heavy atom. The van der Waals surface area contributed by atoms with Gasteiger partial charge in [0.05, 0.1) is 19.0 Å². The van der Waals surface area contributed by atoms with Crippen LogP contribution in [0, 0.1) is 0 Å². The molecule has 2 aromatic rings. The summed E-state index contributed by atoms with van der Waals surface area (Å²) in [5, 5.41) is 2.73. The molecular weight excluding hydrogens is 256 g/mol. The van der Waals surface area contributed by atoms with Crippen molar-refractivity contribution >= 4 is 11.6 Å². The summed E-state index contributed by atoms with van der Waals surface area (Å²) in [6.07, 6.45) is 2.62. The van der Waals surface area contributed by atoms with Crippen molar-refractivity contribution in [2.75, 3.05) is 12.4 Å². The highest BCUT2D eigenvalue weighted by atomic mass is 16.5. The Kier molecular flexibility index (Phi) is 4.55. The number of amides is 1. The lowest BCUT2D eigenvalue weighted by Gasteiger charge is -2.14. The first kappa shape index (κ1) is 13.9. The van der Waals surface area contributed by atoms with Crippen molar-refractivity contribution in [2.45, 2.75) is 13.0 Å². The zero-order chi connectivity index (χ0) is 14.4. The molecule has 0 bridgehead atoms. The van der Waals surface area contributed by atoms with Crippen LogP contribution >= 0.6 is 0 Å². The zero-order valence-electron chi connectivity index (χ0n) is 11.4. The number of benzene rings is 1. The summed E-state index contributed by atoms with van der Waals surface area (Å²) in [7, 11) is 1.60. The van der Waals surface area contributed by atoms with Gasteiger partial charge in [-0.1, -0.05) is 0 Å². The molecule has 0 fully saturated rings. The highest BCUT2D eigenvalue weighted by Crippen LogP contribution is 2.18. The second kappa shape index (κ2) is 6.56. The molecule has 1 heterocycles. The Balaban J connectivity index is 1.93. The SMILES string of the molecule is COc1ccc(O[C@@H](C)C(=O)Nc2cccnc2)cc1. The molecule has 20 heavy (non-hydrogen) atoms. The van der Waals surface area contributed by atoms with Gasteiger partial charge in [-0.05, 0) is 43.3 Å². The maximum Gasteiger partial charge on any atom is 0.265 e. The predicted molar refractivity (Wildman–Crippen MR) is 76.0 cm³/mol. The predicted octanol–water partition coefficient (Wildman–Crippen LogP) is 2.50. The van der Waals surface area contributed by atoms with E-state index in [1.54, 1.807) is 62.8 Å². The molecule has 1 aromatic carbocycles. The third-order valence-electron chi connectivity index (χ3n) is 2.67. The number of nitrogens with zero attached hydrogens (tertiary/aromatic N) is 1. The Labute approximate surface area is 117 Å². The lowest BCUT2D eigenvalue weighted by Crippen LogP contribution is -2.30. The van der Waals surface area contributed by atoms with Gasteiger partial charge < -0.3 is 14.8 Å². The Morgan fingerprint density at radius 2 is 1.90 bits per heavy atom. The van der Waals surface area contributed by atoms with Crippen molar-refractivity contribution in [1.82, 2.24) is 4.98 Å². The van der Waals surface area contributed by atoms with Gasteiger partial charge in [0, 0.05) is 6.20 Å². The number of aromatic nitrogens is 1. The molecule has 0 spiro atoms. The molecule has 0 saturated heterocycles. The second-order valence-corrected chi connectivity index (χ2v) is 4.17. The van der Waals surface area contributed by atoms with E-state index in [1.165, 1.54) is 0 Å². The molecule has 1 aromatic heterocycles. The van der Waals surface area contributed by atoms with Gasteiger partial charge >= 0.3 is 0 Å². The van der Waals surface area contributed by atoms with Crippen LogP contribution in [0.1, 0.15) is 6.92 Å². The summed E-state index contributed by atoms with van der Waals surface area (Å²) >= 11 is 0. The van der Waals surface area contributed by atoms with Crippen LogP contribution in [0.5, 0.6) is 11.5 Å². The number of ether oxygens (including phenoxy) is 2. The van der Waals surface area contributed by atoms with Crippen LogP contribution in [0.25, 0.3) is 0 Å². The average Bonchev–Trinajstić information content (AvgIpc) is 2.49. The number of carbonyl (C=O) groups excluding carboxylic acids is 1. The molecule has 0 aliphatic rings. The molecule has 0 saturated carbocycles. The van der Waals surface area contributed by atoms with Crippen LogP contribution < -0.4 is 14.8 Å². The highest BCUT2D eigenvalue weighted by molar-refractivity contribution is 5.93. The molecule has 0 radical (unpaired) electrons. The summed E-state index contributed by atoms with van der Waals surface area (Å²) in [4.78, 5) is 15.9. The fraction of sp³-hybridized carbons (Fsp3) is 0.200. The van der Waals surface area contributed by atoms with Gasteiger partial charge in [0.15, 0.2) is 6.10 Å². The molecule has 1 amide bonds. The van der Waals surface area contributed by atoms with Crippen molar-refractivity contribution in [3.8, 4) is 11.5 Å². The molecular formula is C15H16N2O3. The molecule has 104 valence electrons. The van der Waals surface area contributed by atoms with Crippen LogP contribution in [-0.4, -0.2) is 24.1 Å². The fourth-order valence-electron chi connectivity index (χ4n) is 1.59. The van der Waals surface area contributed by atoms with Crippen LogP contribution in [0.2, 0.25) is 0 Å². The number of pyridine rings is 1. The summed E-state index contributed by atoms with van der Waals surface area (Å²) in [5.41, 5.74) is 0.641. The minimum atomic E-state index is -0.608. The molecule has 0 aliphatic carbocycles. The van der Waals surface area contributed by atoms with Crippen molar-refractivity contribution < 1.29 is 14.3 Å². The van der Waals surface area contributed by atoms with Crippen molar-refractivity contribution in [3.05, 3.63) is 48.8 Å². The normalized spacial score (nSPS) is 11.5. The fourth-order valence-corrected chi connectivity index (χ4v) is 1.59. The number of methoxy groups -OCH3 is 1. The van der Waals surface area contributed by atoms with E-state index in [4.69, 9.17) is 9.47 Å². The molecule has 1 N–H and O–H groups in total. The van der Waals surface area contributed by atoms with E-state index in [0.717, 1.165) is 5.75 Å². The van der Waals surface area contributed by atoms with Crippen LogP contribution in [0.4, 0.5) is 5.69 Å². The van der Waals surface area contributed by atoms with E-state index in [1.807, 2.05) is 0 Å². The van der Waals surface area contributed by atoms with Crippen molar-refractivity contribution in [2.24, 2.45) is 0 Å². The average molecular weight is 272 g/mol. The lowest BCUT2D eigenvalue weighted by atomic mass is 10.3. The van der Waals surface area contributed by atoms with Gasteiger partial charge in [0.2, 0.25) is 0 Å². The van der Waals surface area contributed by atoms with Crippen molar-refractivity contribution in [1.29, 1.82) is 0 Å². The van der Waals surface area contributed by atoms with E-state index in [9.17, 15) is 4.79 Å². The van der Waals surface area contributed by atoms with Crippen LogP contribution in [-0.2, 0) is 4.79 Å². The largest absolute Gasteiger partial charge is 0.497 e. The smallest absolute Gasteiger partial charge is 0.265 e. The minimum Gasteiger partial charge on any atom is -0.497 e. The van der Waals surface area contributed by atoms with Gasteiger partial charge in [-0.3, -0.25) is 9.78 Å². The monoisotopic (exact) mass is 272 g/mol. The number of nitrogens with one attached hydrogen (secondary N) is 1. The van der Waals surface area contributed by atoms with Crippen LogP contribution in [0.3, 0.4) is 0 Å². The van der Waals surface area contributed by atoms with Gasteiger partial charge in [-0.2, -0.15) is 0 Å². The van der Waals surface area contributed by atoms with Gasteiger partial charge in [-0.15, -0.1) is 0 Å². The molecule has 0 aliphatic heterocycles. The molecule has 5 nitrogen and oxygen atoms in total. The molecule has 0 unspecified atom stereocenters. The standard InChI is InChI=1S/C15H16N2O3/c1-11(15(18)17-12-4-3-9-16-10-12)20-14-7-5-13(19-2)6-8-14/h3-11H,1-2H3,(H,17,18)/t11-/m0/s1. The third-order valence-corrected chi connectivity index (χ3v) is 2.67. The van der Waals surface area contributed by atoms with Gasteiger partial charge in [0.25, 0.3) is 5.91 Å². The quantitative estimate of drug-likeness (QED) is 0.908. The number of hydrogen-bond donors (Lipinski definition) is 1. The Hall–Kier alpha value is -2.56.